The molecule has 0 spiro atoms. The number of carbonyl (C=O) groups is 1. The summed E-state index contributed by atoms with van der Waals surface area (Å²) in [5, 5.41) is 12.5. The van der Waals surface area contributed by atoms with Gasteiger partial charge in [0.15, 0.2) is 9.84 Å². The molecule has 1 unspecified atom stereocenters. The highest BCUT2D eigenvalue weighted by Gasteiger charge is 2.25. The maximum absolute atomic E-state index is 11.7. The fourth-order valence-electron chi connectivity index (χ4n) is 1.33. The molecule has 0 aromatic carbocycles. The van der Waals surface area contributed by atoms with Crippen LogP contribution in [0.2, 0.25) is 0 Å². The summed E-state index contributed by atoms with van der Waals surface area (Å²) < 4.78 is 28.3. The van der Waals surface area contributed by atoms with Crippen LogP contribution in [0.5, 0.6) is 0 Å². The molecule has 0 aliphatic heterocycles. The van der Waals surface area contributed by atoms with Crippen molar-refractivity contribution in [3.63, 3.8) is 0 Å². The molecule has 0 radical (unpaired) electrons. The van der Waals surface area contributed by atoms with Gasteiger partial charge in [0, 0.05) is 12.6 Å². The number of sulfone groups is 1. The Labute approximate surface area is 115 Å². The van der Waals surface area contributed by atoms with Crippen LogP contribution in [0.25, 0.3) is 0 Å². The van der Waals surface area contributed by atoms with Crippen molar-refractivity contribution in [2.24, 2.45) is 0 Å². The van der Waals surface area contributed by atoms with Crippen LogP contribution in [0.4, 0.5) is 0 Å². The minimum absolute atomic E-state index is 0.156. The van der Waals surface area contributed by atoms with Crippen LogP contribution in [-0.2, 0) is 19.4 Å². The summed E-state index contributed by atoms with van der Waals surface area (Å²) in [5.41, 5.74) is -0.718. The van der Waals surface area contributed by atoms with Crippen LogP contribution < -0.4 is 5.32 Å². The molecule has 114 valence electrons. The van der Waals surface area contributed by atoms with Gasteiger partial charge in [0.1, 0.15) is 11.4 Å². The lowest BCUT2D eigenvalue weighted by Gasteiger charge is -2.20. The number of nitrogens with one attached hydrogen (secondary N) is 1. The summed E-state index contributed by atoms with van der Waals surface area (Å²) in [7, 11) is -3.66. The lowest BCUT2D eigenvalue weighted by atomic mass is 10.2. The van der Waals surface area contributed by atoms with Crippen molar-refractivity contribution in [3.05, 3.63) is 0 Å². The average molecular weight is 295 g/mol. The smallest absolute Gasteiger partial charge is 0.321 e. The Morgan fingerprint density at radius 1 is 1.32 bits per heavy atom. The molecule has 0 rings (SSSR count). The van der Waals surface area contributed by atoms with Gasteiger partial charge < -0.3 is 15.2 Å². The molecule has 7 heteroatoms. The lowest BCUT2D eigenvalue weighted by molar-refractivity contribution is -0.151. The van der Waals surface area contributed by atoms with Gasteiger partial charge in [0.2, 0.25) is 0 Å². The first-order valence-corrected chi connectivity index (χ1v) is 8.07. The van der Waals surface area contributed by atoms with E-state index in [1.807, 2.05) is 13.8 Å². The zero-order valence-electron chi connectivity index (χ0n) is 12.3. The molecule has 0 amide bonds. The molecule has 0 heterocycles. The minimum Gasteiger partial charge on any atom is -0.459 e. The molecular formula is C12H25NO5S. The normalized spacial score (nSPS) is 14.5. The van der Waals surface area contributed by atoms with E-state index in [0.29, 0.717) is 0 Å². The van der Waals surface area contributed by atoms with Gasteiger partial charge in [-0.05, 0) is 20.8 Å². The molecule has 19 heavy (non-hydrogen) atoms. The van der Waals surface area contributed by atoms with E-state index in [1.165, 1.54) is 0 Å². The summed E-state index contributed by atoms with van der Waals surface area (Å²) >= 11 is 0. The van der Waals surface area contributed by atoms with Gasteiger partial charge >= 0.3 is 5.97 Å². The Bertz CT molecular complexity index is 383. The van der Waals surface area contributed by atoms with E-state index in [9.17, 15) is 18.3 Å². The van der Waals surface area contributed by atoms with E-state index in [0.717, 1.165) is 0 Å². The Morgan fingerprint density at radius 2 is 1.84 bits per heavy atom. The van der Waals surface area contributed by atoms with Crippen molar-refractivity contribution < 1.29 is 23.1 Å². The number of esters is 1. The van der Waals surface area contributed by atoms with Gasteiger partial charge in [-0.1, -0.05) is 13.8 Å². The summed E-state index contributed by atoms with van der Waals surface area (Å²) in [4.78, 5) is 11.4. The zero-order chi connectivity index (χ0) is 15.3. The number of aliphatic hydroxyl groups excluding tert-OH is 1. The lowest BCUT2D eigenvalue weighted by Crippen LogP contribution is -2.38. The summed E-state index contributed by atoms with van der Waals surface area (Å²) in [6.07, 6.45) is -1.03. The number of ether oxygens (including phenoxy) is 1. The van der Waals surface area contributed by atoms with Crippen molar-refractivity contribution in [1.82, 2.24) is 5.32 Å². The highest BCUT2D eigenvalue weighted by Crippen LogP contribution is 2.08. The Kier molecular flexibility index (Phi) is 6.96. The predicted octanol–water partition coefficient (Wildman–Crippen LogP) is 0.102. The third kappa shape index (κ3) is 10.9. The molecule has 0 aliphatic rings. The van der Waals surface area contributed by atoms with E-state index in [1.54, 1.807) is 20.8 Å². The van der Waals surface area contributed by atoms with Gasteiger partial charge in [-0.2, -0.15) is 0 Å². The zero-order valence-corrected chi connectivity index (χ0v) is 13.1. The predicted molar refractivity (Wildman–Crippen MR) is 73.6 cm³/mol. The molecule has 0 aromatic heterocycles. The highest BCUT2D eigenvalue weighted by molar-refractivity contribution is 7.92. The monoisotopic (exact) mass is 295 g/mol. The van der Waals surface area contributed by atoms with Gasteiger partial charge in [0.25, 0.3) is 0 Å². The van der Waals surface area contributed by atoms with E-state index in [-0.39, 0.29) is 12.6 Å². The second kappa shape index (κ2) is 7.21. The summed E-state index contributed by atoms with van der Waals surface area (Å²) in [5.74, 6) is -1.95. The van der Waals surface area contributed by atoms with Crippen LogP contribution in [-0.4, -0.2) is 55.3 Å². The van der Waals surface area contributed by atoms with Crippen LogP contribution in [0.1, 0.15) is 34.6 Å². The summed E-state index contributed by atoms with van der Waals surface area (Å²) in [6, 6.07) is 0.156. The number of rotatable bonds is 7. The topological polar surface area (TPSA) is 92.7 Å². The Hall–Kier alpha value is -0.660. The Balaban J connectivity index is 4.29. The first-order chi connectivity index (χ1) is 8.41. The maximum Gasteiger partial charge on any atom is 0.321 e. The molecule has 0 saturated carbocycles. The second-order valence-electron chi connectivity index (χ2n) is 5.86. The minimum atomic E-state index is -3.66. The van der Waals surface area contributed by atoms with E-state index < -0.39 is 39.0 Å². The van der Waals surface area contributed by atoms with Crippen LogP contribution in [0.3, 0.4) is 0 Å². The highest BCUT2D eigenvalue weighted by atomic mass is 32.2. The molecular weight excluding hydrogens is 270 g/mol. The van der Waals surface area contributed by atoms with Crippen molar-refractivity contribution in [2.45, 2.75) is 52.4 Å². The van der Waals surface area contributed by atoms with Crippen molar-refractivity contribution in [1.29, 1.82) is 0 Å². The van der Waals surface area contributed by atoms with Crippen molar-refractivity contribution in [2.75, 3.05) is 18.1 Å². The first kappa shape index (κ1) is 18.3. The molecule has 6 nitrogen and oxygen atoms in total. The van der Waals surface area contributed by atoms with E-state index in [4.69, 9.17) is 4.74 Å². The number of hydrogen-bond donors (Lipinski definition) is 2. The van der Waals surface area contributed by atoms with E-state index in [2.05, 4.69) is 5.32 Å². The number of carbonyl (C=O) groups excluding carboxylic acids is 1. The van der Waals surface area contributed by atoms with Gasteiger partial charge in [-0.15, -0.1) is 0 Å². The number of hydrogen-bond acceptors (Lipinski definition) is 6. The molecule has 2 N–H and O–H groups in total. The second-order valence-corrected chi connectivity index (χ2v) is 7.97. The molecule has 0 saturated heterocycles. The van der Waals surface area contributed by atoms with Crippen LogP contribution >= 0.6 is 0 Å². The molecule has 1 atom stereocenters. The van der Waals surface area contributed by atoms with Crippen molar-refractivity contribution in [3.8, 4) is 0 Å². The third-order valence-corrected chi connectivity index (χ3v) is 3.53. The van der Waals surface area contributed by atoms with E-state index >= 15 is 0 Å². The number of aliphatic hydroxyl groups is 1. The SMILES string of the molecule is CC(C)NCC(O)CS(=O)(=O)CC(=O)OC(C)(C)C. The molecule has 0 bridgehead atoms. The van der Waals surface area contributed by atoms with Gasteiger partial charge in [-0.3, -0.25) is 4.79 Å². The largest absolute Gasteiger partial charge is 0.459 e. The fourth-order valence-corrected chi connectivity index (χ4v) is 2.57. The Morgan fingerprint density at radius 3 is 2.26 bits per heavy atom. The average Bonchev–Trinajstić information content (AvgIpc) is 2.08. The molecule has 0 fully saturated rings. The quantitative estimate of drug-likeness (QED) is 0.647. The first-order valence-electron chi connectivity index (χ1n) is 6.25. The molecule has 0 aliphatic carbocycles. The molecule has 0 aromatic rings. The van der Waals surface area contributed by atoms with Crippen LogP contribution in [0, 0.1) is 0 Å². The fraction of sp³-hybridized carbons (Fsp3) is 0.917. The van der Waals surface area contributed by atoms with Gasteiger partial charge in [-0.25, -0.2) is 8.42 Å². The van der Waals surface area contributed by atoms with Gasteiger partial charge in [0.05, 0.1) is 11.9 Å². The van der Waals surface area contributed by atoms with Crippen LogP contribution in [0.15, 0.2) is 0 Å². The van der Waals surface area contributed by atoms with Crippen molar-refractivity contribution >= 4 is 15.8 Å². The summed E-state index contributed by atoms with van der Waals surface area (Å²) in [6.45, 7) is 8.95. The maximum atomic E-state index is 11.7. The standard InChI is InChI=1S/C12H25NO5S/c1-9(2)13-6-10(14)7-19(16,17)8-11(15)18-12(3,4)5/h9-10,13-14H,6-8H2,1-5H3. The third-order valence-electron chi connectivity index (χ3n) is 1.97.